The lowest BCUT2D eigenvalue weighted by Gasteiger charge is -2.13. The number of carbonyl (C=O) groups excluding carboxylic acids is 2. The highest BCUT2D eigenvalue weighted by atomic mass is 35.5. The molecule has 0 unspecified atom stereocenters. The fourth-order valence-corrected chi connectivity index (χ4v) is 4.33. The van der Waals surface area contributed by atoms with Crippen LogP contribution in [0.25, 0.3) is 6.08 Å². The summed E-state index contributed by atoms with van der Waals surface area (Å²) in [5.74, 6) is -0.293. The molecule has 0 radical (unpaired) electrons. The van der Waals surface area contributed by atoms with Crippen LogP contribution in [-0.2, 0) is 11.3 Å². The maximum atomic E-state index is 12.5. The van der Waals surface area contributed by atoms with Crippen LogP contribution in [0.5, 0.6) is 0 Å². The Morgan fingerprint density at radius 2 is 2.00 bits per heavy atom. The van der Waals surface area contributed by atoms with Gasteiger partial charge in [-0.05, 0) is 59.5 Å². The Hall–Kier alpha value is -1.27. The first-order valence-electron chi connectivity index (χ1n) is 6.69. The maximum absolute atomic E-state index is 12.5. The Bertz CT molecular complexity index is 829. The molecule has 118 valence electrons. The summed E-state index contributed by atoms with van der Waals surface area (Å²) < 4.78 is 0. The lowest BCUT2D eigenvalue weighted by Crippen LogP contribution is -2.27. The van der Waals surface area contributed by atoms with Crippen molar-refractivity contribution in [2.45, 2.75) is 13.5 Å². The van der Waals surface area contributed by atoms with Gasteiger partial charge in [0.1, 0.15) is 0 Å². The topological polar surface area (TPSA) is 37.4 Å². The molecule has 1 aliphatic rings. The molecule has 0 aliphatic carbocycles. The Balaban J connectivity index is 1.84. The van der Waals surface area contributed by atoms with E-state index in [9.17, 15) is 9.59 Å². The number of nitrogens with zero attached hydrogens (tertiary/aromatic N) is 1. The van der Waals surface area contributed by atoms with Gasteiger partial charge in [-0.15, -0.1) is 11.3 Å². The zero-order chi connectivity index (χ0) is 16.6. The van der Waals surface area contributed by atoms with Gasteiger partial charge < -0.3 is 0 Å². The third kappa shape index (κ3) is 3.48. The summed E-state index contributed by atoms with van der Waals surface area (Å²) in [6.07, 6.45) is 1.77. The summed E-state index contributed by atoms with van der Waals surface area (Å²) in [4.78, 5) is 27.3. The van der Waals surface area contributed by atoms with E-state index in [0.717, 1.165) is 22.2 Å². The van der Waals surface area contributed by atoms with E-state index < -0.39 is 0 Å². The lowest BCUT2D eigenvalue weighted by atomic mass is 10.2. The number of carbonyl (C=O) groups is 2. The molecule has 2 heterocycles. The summed E-state index contributed by atoms with van der Waals surface area (Å²) in [7, 11) is 0. The van der Waals surface area contributed by atoms with Crippen molar-refractivity contribution in [3.63, 3.8) is 0 Å². The van der Waals surface area contributed by atoms with E-state index in [-0.39, 0.29) is 17.7 Å². The third-order valence-corrected chi connectivity index (χ3v) is 5.84. The van der Waals surface area contributed by atoms with Crippen molar-refractivity contribution in [2.24, 2.45) is 0 Å². The van der Waals surface area contributed by atoms with Crippen LogP contribution in [0.2, 0.25) is 10.0 Å². The molecule has 1 fully saturated rings. The van der Waals surface area contributed by atoms with Crippen molar-refractivity contribution in [3.8, 4) is 0 Å². The fourth-order valence-electron chi connectivity index (χ4n) is 2.11. The van der Waals surface area contributed by atoms with E-state index in [0.29, 0.717) is 20.5 Å². The minimum absolute atomic E-state index is 0.140. The number of rotatable bonds is 3. The minimum atomic E-state index is -0.293. The van der Waals surface area contributed by atoms with Gasteiger partial charge in [0.05, 0.1) is 11.4 Å². The van der Waals surface area contributed by atoms with Crippen molar-refractivity contribution in [1.29, 1.82) is 0 Å². The van der Waals surface area contributed by atoms with Crippen molar-refractivity contribution >= 4 is 63.5 Å². The van der Waals surface area contributed by atoms with Crippen LogP contribution in [0.1, 0.15) is 16.0 Å². The molecular formula is C16H11Cl2NO2S2. The number of amides is 2. The van der Waals surface area contributed by atoms with Gasteiger partial charge in [-0.3, -0.25) is 14.5 Å². The Labute approximate surface area is 151 Å². The molecular weight excluding hydrogens is 373 g/mol. The molecule has 1 saturated heterocycles. The van der Waals surface area contributed by atoms with Gasteiger partial charge in [0.2, 0.25) is 0 Å². The molecule has 0 spiro atoms. The molecule has 0 saturated carbocycles. The molecule has 0 N–H and O–H groups in total. The van der Waals surface area contributed by atoms with Crippen molar-refractivity contribution in [1.82, 2.24) is 4.90 Å². The standard InChI is InChI=1S/C16H11Cl2NO2S2/c1-9-4-5-22-13(9)7-14-15(20)19(16(21)23-14)8-10-2-3-11(17)6-12(10)18/h2-7H,8H2,1H3/b14-7+. The van der Waals surface area contributed by atoms with Gasteiger partial charge >= 0.3 is 0 Å². The van der Waals surface area contributed by atoms with E-state index >= 15 is 0 Å². The van der Waals surface area contributed by atoms with Crippen LogP contribution in [0.3, 0.4) is 0 Å². The average Bonchev–Trinajstić information content (AvgIpc) is 3.00. The summed E-state index contributed by atoms with van der Waals surface area (Å²) >= 11 is 14.5. The second kappa shape index (κ2) is 6.69. The maximum Gasteiger partial charge on any atom is 0.293 e. The molecule has 1 aromatic carbocycles. The van der Waals surface area contributed by atoms with Crippen molar-refractivity contribution in [3.05, 3.63) is 60.6 Å². The van der Waals surface area contributed by atoms with Gasteiger partial charge in [-0.1, -0.05) is 29.3 Å². The number of imide groups is 1. The summed E-state index contributed by atoms with van der Waals surface area (Å²) in [6, 6.07) is 6.99. The van der Waals surface area contributed by atoms with E-state index in [1.165, 1.54) is 4.90 Å². The quantitative estimate of drug-likeness (QED) is 0.647. The van der Waals surface area contributed by atoms with Crippen LogP contribution >= 0.6 is 46.3 Å². The predicted molar refractivity (Wildman–Crippen MR) is 97.0 cm³/mol. The molecule has 0 atom stereocenters. The molecule has 0 bridgehead atoms. The predicted octanol–water partition coefficient (Wildman–Crippen LogP) is 5.60. The van der Waals surface area contributed by atoms with Crippen molar-refractivity contribution in [2.75, 3.05) is 0 Å². The molecule has 7 heteroatoms. The molecule has 1 aromatic heterocycles. The number of thioether (sulfide) groups is 1. The Kier molecular flexibility index (Phi) is 4.82. The van der Waals surface area contributed by atoms with Crippen LogP contribution < -0.4 is 0 Å². The van der Waals surface area contributed by atoms with Crippen LogP contribution in [-0.4, -0.2) is 16.0 Å². The molecule has 1 aliphatic heterocycles. The first kappa shape index (κ1) is 16.6. The van der Waals surface area contributed by atoms with Gasteiger partial charge in [-0.25, -0.2) is 0 Å². The van der Waals surface area contributed by atoms with E-state index in [2.05, 4.69) is 0 Å². The van der Waals surface area contributed by atoms with Gasteiger partial charge in [0.15, 0.2) is 0 Å². The van der Waals surface area contributed by atoms with Gasteiger partial charge in [0.25, 0.3) is 11.1 Å². The summed E-state index contributed by atoms with van der Waals surface area (Å²) in [5, 5.41) is 2.62. The molecule has 2 aromatic rings. The summed E-state index contributed by atoms with van der Waals surface area (Å²) in [6.45, 7) is 2.11. The smallest absolute Gasteiger partial charge is 0.268 e. The van der Waals surface area contributed by atoms with Crippen LogP contribution in [0.4, 0.5) is 4.79 Å². The SMILES string of the molecule is Cc1ccsc1/C=C1/SC(=O)N(Cc2ccc(Cl)cc2Cl)C1=O. The van der Waals surface area contributed by atoms with E-state index in [1.807, 2.05) is 18.4 Å². The molecule has 3 rings (SSSR count). The number of halogens is 2. The monoisotopic (exact) mass is 383 g/mol. The van der Waals surface area contributed by atoms with Gasteiger partial charge in [0, 0.05) is 14.9 Å². The van der Waals surface area contributed by atoms with Crippen molar-refractivity contribution < 1.29 is 9.59 Å². The minimum Gasteiger partial charge on any atom is -0.268 e. The number of aryl methyl sites for hydroxylation is 1. The Morgan fingerprint density at radius 3 is 2.65 bits per heavy atom. The first-order chi connectivity index (χ1) is 11.0. The summed E-state index contributed by atoms with van der Waals surface area (Å²) in [5.41, 5.74) is 1.77. The third-order valence-electron chi connectivity index (χ3n) is 3.38. The highest BCUT2D eigenvalue weighted by molar-refractivity contribution is 8.18. The molecule has 3 nitrogen and oxygen atoms in total. The number of benzene rings is 1. The zero-order valence-electron chi connectivity index (χ0n) is 12.0. The van der Waals surface area contributed by atoms with Crippen LogP contribution in [0, 0.1) is 6.92 Å². The van der Waals surface area contributed by atoms with Gasteiger partial charge in [-0.2, -0.15) is 0 Å². The highest BCUT2D eigenvalue weighted by Gasteiger charge is 2.35. The molecule has 23 heavy (non-hydrogen) atoms. The highest BCUT2D eigenvalue weighted by Crippen LogP contribution is 2.35. The second-order valence-electron chi connectivity index (χ2n) is 4.97. The van der Waals surface area contributed by atoms with E-state index in [4.69, 9.17) is 23.2 Å². The fraction of sp³-hybridized carbons (Fsp3) is 0.125. The molecule has 2 amide bonds. The zero-order valence-corrected chi connectivity index (χ0v) is 15.2. The lowest BCUT2D eigenvalue weighted by molar-refractivity contribution is -0.123. The van der Waals surface area contributed by atoms with Crippen LogP contribution in [0.15, 0.2) is 34.6 Å². The largest absolute Gasteiger partial charge is 0.293 e. The second-order valence-corrected chi connectivity index (χ2v) is 7.76. The number of thiophene rings is 1. The average molecular weight is 384 g/mol. The van der Waals surface area contributed by atoms with E-state index in [1.54, 1.807) is 35.6 Å². The number of hydrogen-bond donors (Lipinski definition) is 0. The normalized spacial score (nSPS) is 16.7. The first-order valence-corrected chi connectivity index (χ1v) is 9.14. The Morgan fingerprint density at radius 1 is 1.22 bits per heavy atom. The number of hydrogen-bond acceptors (Lipinski definition) is 4.